The molecule has 3 aromatic rings. The predicted octanol–water partition coefficient (Wildman–Crippen LogP) is 4.14. The van der Waals surface area contributed by atoms with Crippen molar-refractivity contribution in [2.75, 3.05) is 5.32 Å². The minimum absolute atomic E-state index is 0.130. The number of carbonyl (C=O) groups is 1. The number of aryl methyl sites for hydroxylation is 3. The maximum atomic E-state index is 13.1. The van der Waals surface area contributed by atoms with E-state index in [-0.39, 0.29) is 11.3 Å². The lowest BCUT2D eigenvalue weighted by atomic mass is 10.1. The van der Waals surface area contributed by atoms with E-state index in [1.807, 2.05) is 69.3 Å². The van der Waals surface area contributed by atoms with Crippen molar-refractivity contribution in [1.29, 1.82) is 0 Å². The molecule has 6 heteroatoms. The standard InChI is InChI=1S/C24H26N2O3S/c1-17-9-11-22(12-10-17)30(28,29)26-23(16-20-7-5-4-6-8-20)24(27)25-21-14-18(2)13-19(3)15-21/h4-15,23,26H,16H2,1-3H3,(H,25,27)/t23-/m1/s1. The molecular weight excluding hydrogens is 396 g/mol. The Morgan fingerprint density at radius 3 is 2.03 bits per heavy atom. The monoisotopic (exact) mass is 422 g/mol. The molecule has 0 fully saturated rings. The van der Waals surface area contributed by atoms with Crippen LogP contribution in [-0.4, -0.2) is 20.4 Å². The third-order valence-electron chi connectivity index (χ3n) is 4.72. The Kier molecular flexibility index (Phi) is 6.70. The van der Waals surface area contributed by atoms with Gasteiger partial charge in [0.1, 0.15) is 6.04 Å². The molecule has 2 N–H and O–H groups in total. The highest BCUT2D eigenvalue weighted by Crippen LogP contribution is 2.16. The van der Waals surface area contributed by atoms with E-state index >= 15 is 0 Å². The van der Waals surface area contributed by atoms with Crippen LogP contribution in [-0.2, 0) is 21.2 Å². The first-order valence-electron chi connectivity index (χ1n) is 9.75. The molecule has 3 aromatic carbocycles. The van der Waals surface area contributed by atoms with E-state index < -0.39 is 22.0 Å². The first-order valence-corrected chi connectivity index (χ1v) is 11.2. The lowest BCUT2D eigenvalue weighted by molar-refractivity contribution is -0.117. The number of rotatable bonds is 7. The van der Waals surface area contributed by atoms with Gasteiger partial charge in [-0.1, -0.05) is 54.1 Å². The minimum Gasteiger partial charge on any atom is -0.325 e. The van der Waals surface area contributed by atoms with Crippen LogP contribution in [0.4, 0.5) is 5.69 Å². The van der Waals surface area contributed by atoms with Crippen molar-refractivity contribution in [2.24, 2.45) is 0 Å². The maximum absolute atomic E-state index is 13.1. The first-order chi connectivity index (χ1) is 14.2. The smallest absolute Gasteiger partial charge is 0.242 e. The van der Waals surface area contributed by atoms with Crippen molar-refractivity contribution in [3.8, 4) is 0 Å². The van der Waals surface area contributed by atoms with Gasteiger partial charge < -0.3 is 5.32 Å². The fraction of sp³-hybridized carbons (Fsp3) is 0.208. The van der Waals surface area contributed by atoms with E-state index in [1.165, 1.54) is 0 Å². The number of benzene rings is 3. The topological polar surface area (TPSA) is 75.3 Å². The first kappa shape index (κ1) is 21.7. The van der Waals surface area contributed by atoms with Gasteiger partial charge in [-0.2, -0.15) is 4.72 Å². The lowest BCUT2D eigenvalue weighted by Crippen LogP contribution is -2.45. The van der Waals surface area contributed by atoms with E-state index in [0.29, 0.717) is 5.69 Å². The Balaban J connectivity index is 1.87. The van der Waals surface area contributed by atoms with Gasteiger partial charge in [-0.15, -0.1) is 0 Å². The third-order valence-corrected chi connectivity index (χ3v) is 6.20. The van der Waals surface area contributed by atoms with Crippen molar-refractivity contribution in [1.82, 2.24) is 4.72 Å². The summed E-state index contributed by atoms with van der Waals surface area (Å²) in [5, 5.41) is 2.86. The summed E-state index contributed by atoms with van der Waals surface area (Å²) in [6, 6.07) is 20.7. The molecule has 0 heterocycles. The van der Waals surface area contributed by atoms with Crippen LogP contribution in [0.1, 0.15) is 22.3 Å². The van der Waals surface area contributed by atoms with Crippen molar-refractivity contribution < 1.29 is 13.2 Å². The molecule has 0 bridgehead atoms. The molecule has 1 atom stereocenters. The summed E-state index contributed by atoms with van der Waals surface area (Å²) >= 11 is 0. The van der Waals surface area contributed by atoms with Gasteiger partial charge in [-0.25, -0.2) is 8.42 Å². The molecule has 0 spiro atoms. The second kappa shape index (κ2) is 9.24. The fourth-order valence-corrected chi connectivity index (χ4v) is 4.48. The van der Waals surface area contributed by atoms with Gasteiger partial charge in [0.2, 0.25) is 15.9 Å². The van der Waals surface area contributed by atoms with Crippen molar-refractivity contribution in [2.45, 2.75) is 38.1 Å². The van der Waals surface area contributed by atoms with Crippen LogP contribution in [0.15, 0.2) is 77.7 Å². The van der Waals surface area contributed by atoms with Gasteiger partial charge >= 0.3 is 0 Å². The number of carbonyl (C=O) groups excluding carboxylic acids is 1. The van der Waals surface area contributed by atoms with Gasteiger partial charge in [-0.3, -0.25) is 4.79 Å². The molecule has 1 amide bonds. The number of nitrogens with one attached hydrogen (secondary N) is 2. The number of hydrogen-bond acceptors (Lipinski definition) is 3. The maximum Gasteiger partial charge on any atom is 0.242 e. The second-order valence-corrected chi connectivity index (χ2v) is 9.26. The molecular formula is C24H26N2O3S. The largest absolute Gasteiger partial charge is 0.325 e. The summed E-state index contributed by atoms with van der Waals surface area (Å²) in [7, 11) is -3.86. The van der Waals surface area contributed by atoms with Crippen molar-refractivity contribution in [3.63, 3.8) is 0 Å². The Bertz CT molecular complexity index is 1100. The molecule has 0 saturated carbocycles. The van der Waals surface area contributed by atoms with Crippen LogP contribution in [0.25, 0.3) is 0 Å². The quantitative estimate of drug-likeness (QED) is 0.601. The summed E-state index contributed by atoms with van der Waals surface area (Å²) < 4.78 is 28.4. The predicted molar refractivity (Wildman–Crippen MR) is 120 cm³/mol. The molecule has 156 valence electrons. The van der Waals surface area contributed by atoms with Gasteiger partial charge in [0, 0.05) is 5.69 Å². The Labute approximate surface area is 178 Å². The van der Waals surface area contributed by atoms with Gasteiger partial charge in [0.15, 0.2) is 0 Å². The molecule has 30 heavy (non-hydrogen) atoms. The zero-order valence-electron chi connectivity index (χ0n) is 17.3. The van der Waals surface area contributed by atoms with Crippen LogP contribution in [0.5, 0.6) is 0 Å². The van der Waals surface area contributed by atoms with Crippen LogP contribution >= 0.6 is 0 Å². The Morgan fingerprint density at radius 2 is 1.43 bits per heavy atom. The summed E-state index contributed by atoms with van der Waals surface area (Å²) in [5.74, 6) is -0.403. The number of anilines is 1. The molecule has 0 saturated heterocycles. The Hall–Kier alpha value is -2.96. The number of amides is 1. The molecule has 0 unspecified atom stereocenters. The molecule has 0 aliphatic heterocycles. The van der Waals surface area contributed by atoms with E-state index in [2.05, 4.69) is 10.0 Å². The molecule has 5 nitrogen and oxygen atoms in total. The zero-order valence-corrected chi connectivity index (χ0v) is 18.2. The average Bonchev–Trinajstić information content (AvgIpc) is 2.67. The third kappa shape index (κ3) is 5.78. The van der Waals surface area contributed by atoms with Gasteiger partial charge in [-0.05, 0) is 68.1 Å². The summed E-state index contributed by atoms with van der Waals surface area (Å²) in [4.78, 5) is 13.2. The zero-order chi connectivity index (χ0) is 21.7. The fourth-order valence-electron chi connectivity index (χ4n) is 3.29. The molecule has 0 aliphatic rings. The highest BCUT2D eigenvalue weighted by atomic mass is 32.2. The summed E-state index contributed by atoms with van der Waals surface area (Å²) in [6.45, 7) is 5.79. The Morgan fingerprint density at radius 1 is 0.833 bits per heavy atom. The van der Waals surface area contributed by atoms with Crippen LogP contribution < -0.4 is 10.0 Å². The van der Waals surface area contributed by atoms with Crippen molar-refractivity contribution >= 4 is 21.6 Å². The van der Waals surface area contributed by atoms with Crippen molar-refractivity contribution in [3.05, 3.63) is 95.1 Å². The normalized spacial score (nSPS) is 12.4. The van der Waals surface area contributed by atoms with Gasteiger partial charge in [0.25, 0.3) is 0 Å². The van der Waals surface area contributed by atoms with E-state index in [9.17, 15) is 13.2 Å². The van der Waals surface area contributed by atoms with Crippen LogP contribution in [0.3, 0.4) is 0 Å². The van der Waals surface area contributed by atoms with Crippen LogP contribution in [0.2, 0.25) is 0 Å². The minimum atomic E-state index is -3.86. The SMILES string of the molecule is Cc1ccc(S(=O)(=O)N[C@H](Cc2ccccc2)C(=O)Nc2cc(C)cc(C)c2)cc1. The summed E-state index contributed by atoms with van der Waals surface area (Å²) in [5.41, 5.74) is 4.51. The van der Waals surface area contributed by atoms with E-state index in [4.69, 9.17) is 0 Å². The second-order valence-electron chi connectivity index (χ2n) is 7.54. The molecule has 0 radical (unpaired) electrons. The molecule has 0 aliphatic carbocycles. The summed E-state index contributed by atoms with van der Waals surface area (Å²) in [6.07, 6.45) is 0.239. The van der Waals surface area contributed by atoms with E-state index in [1.54, 1.807) is 24.3 Å². The number of hydrogen-bond donors (Lipinski definition) is 2. The lowest BCUT2D eigenvalue weighted by Gasteiger charge is -2.19. The molecule has 3 rings (SSSR count). The highest BCUT2D eigenvalue weighted by molar-refractivity contribution is 7.89. The van der Waals surface area contributed by atoms with E-state index in [0.717, 1.165) is 22.3 Å². The molecule has 0 aromatic heterocycles. The van der Waals surface area contributed by atoms with Gasteiger partial charge in [0.05, 0.1) is 4.90 Å². The number of sulfonamides is 1. The average molecular weight is 423 g/mol. The highest BCUT2D eigenvalue weighted by Gasteiger charge is 2.26. The van der Waals surface area contributed by atoms with Crippen LogP contribution in [0, 0.1) is 20.8 Å².